The van der Waals surface area contributed by atoms with Crippen molar-refractivity contribution in [2.75, 3.05) is 25.0 Å². The van der Waals surface area contributed by atoms with E-state index in [2.05, 4.69) is 41.4 Å². The predicted molar refractivity (Wildman–Crippen MR) is 91.3 cm³/mol. The van der Waals surface area contributed by atoms with Gasteiger partial charge in [0, 0.05) is 31.9 Å². The van der Waals surface area contributed by atoms with Crippen molar-refractivity contribution in [1.82, 2.24) is 5.32 Å². The number of ether oxygens (including phenoxy) is 1. The van der Waals surface area contributed by atoms with Crippen molar-refractivity contribution >= 4 is 11.8 Å². The average molecular weight is 307 g/mol. The number of aryl methyl sites for hydroxylation is 1. The van der Waals surface area contributed by atoms with E-state index in [1.165, 1.54) is 5.56 Å². The molecule has 1 aromatic rings. The zero-order valence-electron chi connectivity index (χ0n) is 14.3. The number of rotatable bonds is 6. The Kier molecular flexibility index (Phi) is 6.68. The quantitative estimate of drug-likeness (QED) is 0.848. The van der Waals surface area contributed by atoms with Crippen LogP contribution in [0.3, 0.4) is 0 Å². The fourth-order valence-electron chi connectivity index (χ4n) is 2.12. The maximum Gasteiger partial charge on any atom is 0.407 e. The number of nitrogens with two attached hydrogens (primary N) is 1. The lowest BCUT2D eigenvalue weighted by molar-refractivity contribution is 0.0526. The van der Waals surface area contributed by atoms with Gasteiger partial charge in [0.2, 0.25) is 0 Å². The number of anilines is 1. The number of amides is 1. The van der Waals surface area contributed by atoms with Gasteiger partial charge >= 0.3 is 6.09 Å². The monoisotopic (exact) mass is 307 g/mol. The Hall–Kier alpha value is -1.75. The molecule has 0 aromatic heterocycles. The van der Waals surface area contributed by atoms with E-state index in [1.807, 2.05) is 27.8 Å². The van der Waals surface area contributed by atoms with Crippen LogP contribution in [0.4, 0.5) is 10.5 Å². The van der Waals surface area contributed by atoms with Gasteiger partial charge in [0.25, 0.3) is 0 Å². The molecule has 0 spiro atoms. The molecule has 0 aliphatic rings. The van der Waals surface area contributed by atoms with Gasteiger partial charge in [-0.25, -0.2) is 4.79 Å². The van der Waals surface area contributed by atoms with Crippen LogP contribution in [-0.4, -0.2) is 37.9 Å². The highest BCUT2D eigenvalue weighted by atomic mass is 16.6. The van der Waals surface area contributed by atoms with Crippen LogP contribution in [0, 0.1) is 6.92 Å². The van der Waals surface area contributed by atoms with E-state index in [0.29, 0.717) is 13.1 Å². The summed E-state index contributed by atoms with van der Waals surface area (Å²) in [5, 5.41) is 2.78. The molecule has 0 heterocycles. The van der Waals surface area contributed by atoms with Crippen LogP contribution < -0.4 is 16.0 Å². The Bertz CT molecular complexity index is 466. The molecule has 0 saturated heterocycles. The third-order valence-electron chi connectivity index (χ3n) is 3.41. The molecule has 1 aromatic carbocycles. The topological polar surface area (TPSA) is 67.6 Å². The Morgan fingerprint density at radius 2 is 1.91 bits per heavy atom. The maximum atomic E-state index is 11.6. The Labute approximate surface area is 133 Å². The van der Waals surface area contributed by atoms with Crippen molar-refractivity contribution < 1.29 is 9.53 Å². The number of carbonyl (C=O) groups excluding carboxylic acids is 1. The molecule has 1 amide bonds. The second-order valence-electron chi connectivity index (χ2n) is 6.55. The smallest absolute Gasteiger partial charge is 0.407 e. The summed E-state index contributed by atoms with van der Waals surface area (Å²) in [6.45, 7) is 8.67. The van der Waals surface area contributed by atoms with Crippen LogP contribution in [0.1, 0.15) is 32.8 Å². The molecule has 0 radical (unpaired) electrons. The molecule has 3 N–H and O–H groups in total. The fraction of sp³-hybridized carbons (Fsp3) is 0.588. The third kappa shape index (κ3) is 6.35. The van der Waals surface area contributed by atoms with Crippen molar-refractivity contribution in [1.29, 1.82) is 0 Å². The summed E-state index contributed by atoms with van der Waals surface area (Å²) in [6.07, 6.45) is 0.376. The van der Waals surface area contributed by atoms with Gasteiger partial charge < -0.3 is 20.7 Å². The minimum Gasteiger partial charge on any atom is -0.444 e. The Morgan fingerprint density at radius 3 is 2.41 bits per heavy atom. The van der Waals surface area contributed by atoms with Crippen LogP contribution in [0.15, 0.2) is 24.3 Å². The second-order valence-corrected chi connectivity index (χ2v) is 6.55. The van der Waals surface area contributed by atoms with Gasteiger partial charge in [-0.2, -0.15) is 0 Å². The highest BCUT2D eigenvalue weighted by molar-refractivity contribution is 5.67. The predicted octanol–water partition coefficient (Wildman–Crippen LogP) is 2.67. The van der Waals surface area contributed by atoms with E-state index in [9.17, 15) is 4.79 Å². The van der Waals surface area contributed by atoms with E-state index in [1.54, 1.807) is 0 Å². The number of hydrogen-bond acceptors (Lipinski definition) is 4. The number of nitrogens with one attached hydrogen (secondary N) is 1. The number of benzene rings is 1. The molecular weight excluding hydrogens is 278 g/mol. The summed E-state index contributed by atoms with van der Waals surface area (Å²) in [5.41, 5.74) is 7.75. The number of hydrogen-bond donors (Lipinski definition) is 2. The zero-order valence-corrected chi connectivity index (χ0v) is 14.3. The summed E-state index contributed by atoms with van der Waals surface area (Å²) in [6, 6.07) is 8.49. The average Bonchev–Trinajstić information content (AvgIpc) is 2.42. The standard InChI is InChI=1S/C17H29N3O2/c1-13-6-8-14(9-7-13)20(5)15(12-18)10-11-19-16(21)22-17(2,3)4/h6-9,15H,10-12,18H2,1-5H3,(H,19,21). The summed E-state index contributed by atoms with van der Waals surface area (Å²) in [5.74, 6) is 0. The van der Waals surface area contributed by atoms with E-state index in [-0.39, 0.29) is 12.1 Å². The molecule has 1 rings (SSSR count). The van der Waals surface area contributed by atoms with Crippen LogP contribution in [0.5, 0.6) is 0 Å². The van der Waals surface area contributed by atoms with Crippen molar-refractivity contribution in [3.63, 3.8) is 0 Å². The van der Waals surface area contributed by atoms with Gasteiger partial charge in [-0.1, -0.05) is 17.7 Å². The van der Waals surface area contributed by atoms with Crippen molar-refractivity contribution in [3.05, 3.63) is 29.8 Å². The number of alkyl carbamates (subject to hydrolysis) is 1. The second kappa shape index (κ2) is 8.03. The third-order valence-corrected chi connectivity index (χ3v) is 3.41. The molecule has 5 heteroatoms. The van der Waals surface area contributed by atoms with Crippen LogP contribution in [0.25, 0.3) is 0 Å². The van der Waals surface area contributed by atoms with Gasteiger partial charge in [-0.3, -0.25) is 0 Å². The zero-order chi connectivity index (χ0) is 16.8. The van der Waals surface area contributed by atoms with E-state index in [0.717, 1.165) is 12.1 Å². The maximum absolute atomic E-state index is 11.6. The van der Waals surface area contributed by atoms with Crippen LogP contribution in [0.2, 0.25) is 0 Å². The molecule has 5 nitrogen and oxygen atoms in total. The van der Waals surface area contributed by atoms with Gasteiger partial charge in [-0.05, 0) is 46.2 Å². The molecule has 0 aliphatic heterocycles. The lowest BCUT2D eigenvalue weighted by Gasteiger charge is -2.29. The molecule has 0 bridgehead atoms. The van der Waals surface area contributed by atoms with Crippen LogP contribution in [-0.2, 0) is 4.74 Å². The summed E-state index contributed by atoms with van der Waals surface area (Å²) in [4.78, 5) is 13.8. The number of likely N-dealkylation sites (N-methyl/N-ethyl adjacent to an activating group) is 1. The van der Waals surface area contributed by atoms with Crippen molar-refractivity contribution in [2.45, 2.75) is 45.8 Å². The van der Waals surface area contributed by atoms with Gasteiger partial charge in [-0.15, -0.1) is 0 Å². The van der Waals surface area contributed by atoms with Crippen LogP contribution >= 0.6 is 0 Å². The molecule has 1 unspecified atom stereocenters. The molecule has 1 atom stereocenters. The Balaban J connectivity index is 2.48. The first-order valence-corrected chi connectivity index (χ1v) is 7.69. The first-order valence-electron chi connectivity index (χ1n) is 7.69. The summed E-state index contributed by atoms with van der Waals surface area (Å²) in [7, 11) is 2.02. The van der Waals surface area contributed by atoms with E-state index < -0.39 is 5.60 Å². The molecule has 124 valence electrons. The first-order chi connectivity index (χ1) is 10.2. The van der Waals surface area contributed by atoms with Gasteiger partial charge in [0.05, 0.1) is 0 Å². The number of carbonyl (C=O) groups is 1. The number of nitrogens with zero attached hydrogens (tertiary/aromatic N) is 1. The lowest BCUT2D eigenvalue weighted by atomic mass is 10.1. The molecular formula is C17H29N3O2. The van der Waals surface area contributed by atoms with E-state index in [4.69, 9.17) is 10.5 Å². The Morgan fingerprint density at radius 1 is 1.32 bits per heavy atom. The van der Waals surface area contributed by atoms with Crippen molar-refractivity contribution in [2.24, 2.45) is 5.73 Å². The molecule has 0 saturated carbocycles. The lowest BCUT2D eigenvalue weighted by Crippen LogP contribution is -2.41. The highest BCUT2D eigenvalue weighted by Crippen LogP contribution is 2.17. The molecule has 0 fully saturated rings. The van der Waals surface area contributed by atoms with Gasteiger partial charge in [0.15, 0.2) is 0 Å². The summed E-state index contributed by atoms with van der Waals surface area (Å²) >= 11 is 0. The SMILES string of the molecule is Cc1ccc(N(C)C(CN)CCNC(=O)OC(C)(C)C)cc1. The van der Waals surface area contributed by atoms with E-state index >= 15 is 0 Å². The largest absolute Gasteiger partial charge is 0.444 e. The highest BCUT2D eigenvalue weighted by Gasteiger charge is 2.17. The minimum absolute atomic E-state index is 0.164. The fourth-order valence-corrected chi connectivity index (χ4v) is 2.12. The normalized spacial score (nSPS) is 12.6. The summed E-state index contributed by atoms with van der Waals surface area (Å²) < 4.78 is 5.22. The molecule has 0 aliphatic carbocycles. The van der Waals surface area contributed by atoms with Gasteiger partial charge in [0.1, 0.15) is 5.60 Å². The first kappa shape index (κ1) is 18.3. The van der Waals surface area contributed by atoms with Crippen molar-refractivity contribution in [3.8, 4) is 0 Å². The minimum atomic E-state index is -0.476. The molecule has 22 heavy (non-hydrogen) atoms.